The average molecular weight is 283 g/mol. The maximum absolute atomic E-state index is 6.01. The molecule has 1 aromatic carbocycles. The summed E-state index contributed by atoms with van der Waals surface area (Å²) in [6.45, 7) is 7.96. The van der Waals surface area contributed by atoms with Crippen LogP contribution in [0, 0.1) is 0 Å². The van der Waals surface area contributed by atoms with Crippen molar-refractivity contribution in [1.29, 1.82) is 0 Å². The van der Waals surface area contributed by atoms with E-state index in [0.29, 0.717) is 6.04 Å². The van der Waals surface area contributed by atoms with Gasteiger partial charge >= 0.3 is 0 Å². The van der Waals surface area contributed by atoms with E-state index < -0.39 is 0 Å². The Morgan fingerprint density at radius 1 is 1.47 bits per heavy atom. The third kappa shape index (κ3) is 5.11. The van der Waals surface area contributed by atoms with Gasteiger partial charge in [-0.2, -0.15) is 0 Å². The lowest BCUT2D eigenvalue weighted by Gasteiger charge is -2.33. The van der Waals surface area contributed by atoms with Gasteiger partial charge in [0.15, 0.2) is 0 Å². The highest BCUT2D eigenvalue weighted by Gasteiger charge is 2.18. The molecule has 19 heavy (non-hydrogen) atoms. The van der Waals surface area contributed by atoms with Gasteiger partial charge in [-0.15, -0.1) is 0 Å². The molecule has 0 bridgehead atoms. The minimum atomic E-state index is 0.466. The Hall–Kier alpha value is -0.610. The molecule has 2 rings (SSSR count). The molecule has 0 saturated carbocycles. The molecule has 0 amide bonds. The maximum Gasteiger partial charge on any atom is 0.0632 e. The Balaban J connectivity index is 1.76. The van der Waals surface area contributed by atoms with Gasteiger partial charge in [0, 0.05) is 43.9 Å². The topological polar surface area (TPSA) is 24.5 Å². The van der Waals surface area contributed by atoms with E-state index in [2.05, 4.69) is 22.3 Å². The summed E-state index contributed by atoms with van der Waals surface area (Å²) in [4.78, 5) is 2.50. The van der Waals surface area contributed by atoms with E-state index in [1.165, 1.54) is 5.56 Å². The minimum Gasteiger partial charge on any atom is -0.380 e. The van der Waals surface area contributed by atoms with Gasteiger partial charge in [-0.1, -0.05) is 23.7 Å². The number of benzene rings is 1. The van der Waals surface area contributed by atoms with E-state index >= 15 is 0 Å². The molecule has 1 N–H and O–H groups in total. The second kappa shape index (κ2) is 7.85. The quantitative estimate of drug-likeness (QED) is 0.866. The summed E-state index contributed by atoms with van der Waals surface area (Å²) >= 11 is 6.01. The van der Waals surface area contributed by atoms with Gasteiger partial charge < -0.3 is 15.0 Å². The molecule has 0 spiro atoms. The van der Waals surface area contributed by atoms with Crippen molar-refractivity contribution in [3.05, 3.63) is 34.9 Å². The molecule has 0 aliphatic carbocycles. The molecule has 1 unspecified atom stereocenters. The number of piperazine rings is 1. The van der Waals surface area contributed by atoms with Crippen LogP contribution in [-0.4, -0.2) is 50.3 Å². The van der Waals surface area contributed by atoms with Crippen LogP contribution in [-0.2, 0) is 11.2 Å². The Kier molecular flexibility index (Phi) is 6.11. The number of rotatable bonds is 6. The van der Waals surface area contributed by atoms with Crippen molar-refractivity contribution >= 4 is 11.6 Å². The van der Waals surface area contributed by atoms with Gasteiger partial charge in [0.05, 0.1) is 6.61 Å². The standard InChI is InChI=1S/C15H23ClN2O/c1-2-19-12-15-11-18(9-7-17-15)8-6-13-4-3-5-14(16)10-13/h3-5,10,15,17H,2,6-9,11-12H2,1H3. The van der Waals surface area contributed by atoms with Crippen molar-refractivity contribution in [2.24, 2.45) is 0 Å². The number of halogens is 1. The van der Waals surface area contributed by atoms with Crippen molar-refractivity contribution in [1.82, 2.24) is 10.2 Å². The smallest absolute Gasteiger partial charge is 0.0632 e. The van der Waals surface area contributed by atoms with E-state index in [-0.39, 0.29) is 0 Å². The monoisotopic (exact) mass is 282 g/mol. The minimum absolute atomic E-state index is 0.466. The van der Waals surface area contributed by atoms with Crippen LogP contribution in [0.4, 0.5) is 0 Å². The zero-order valence-electron chi connectivity index (χ0n) is 11.6. The Labute approximate surface area is 120 Å². The molecule has 1 aliphatic heterocycles. The number of hydrogen-bond acceptors (Lipinski definition) is 3. The number of nitrogens with one attached hydrogen (secondary N) is 1. The van der Waals surface area contributed by atoms with Crippen LogP contribution in [0.5, 0.6) is 0 Å². The van der Waals surface area contributed by atoms with Gasteiger partial charge in [0.1, 0.15) is 0 Å². The van der Waals surface area contributed by atoms with Crippen molar-refractivity contribution in [3.8, 4) is 0 Å². The largest absolute Gasteiger partial charge is 0.380 e. The summed E-state index contributed by atoms with van der Waals surface area (Å²) in [5, 5.41) is 4.33. The number of nitrogens with zero attached hydrogens (tertiary/aromatic N) is 1. The Bertz CT molecular complexity index is 386. The first-order chi connectivity index (χ1) is 9.28. The molecule has 0 radical (unpaired) electrons. The average Bonchev–Trinajstić information content (AvgIpc) is 2.43. The molecule has 3 nitrogen and oxygen atoms in total. The number of hydrogen-bond donors (Lipinski definition) is 1. The van der Waals surface area contributed by atoms with Crippen LogP contribution in [0.3, 0.4) is 0 Å². The molecule has 1 heterocycles. The Morgan fingerprint density at radius 2 is 2.37 bits per heavy atom. The fourth-order valence-corrected chi connectivity index (χ4v) is 2.66. The fraction of sp³-hybridized carbons (Fsp3) is 0.600. The van der Waals surface area contributed by atoms with Gasteiger partial charge in [-0.3, -0.25) is 0 Å². The maximum atomic E-state index is 6.01. The van der Waals surface area contributed by atoms with E-state index in [4.69, 9.17) is 16.3 Å². The van der Waals surface area contributed by atoms with Crippen LogP contribution in [0.1, 0.15) is 12.5 Å². The van der Waals surface area contributed by atoms with Crippen LogP contribution >= 0.6 is 11.6 Å². The summed E-state index contributed by atoms with van der Waals surface area (Å²) in [7, 11) is 0. The highest BCUT2D eigenvalue weighted by molar-refractivity contribution is 6.30. The molecule has 1 atom stereocenters. The lowest BCUT2D eigenvalue weighted by atomic mass is 10.1. The summed E-state index contributed by atoms with van der Waals surface area (Å²) in [6.07, 6.45) is 1.06. The van der Waals surface area contributed by atoms with Crippen molar-refractivity contribution in [3.63, 3.8) is 0 Å². The second-order valence-corrected chi connectivity index (χ2v) is 5.43. The molecule has 4 heteroatoms. The third-order valence-corrected chi connectivity index (χ3v) is 3.70. The first kappa shape index (κ1) is 14.8. The first-order valence-corrected chi connectivity index (χ1v) is 7.43. The van der Waals surface area contributed by atoms with Gasteiger partial charge in [0.2, 0.25) is 0 Å². The fourth-order valence-electron chi connectivity index (χ4n) is 2.45. The van der Waals surface area contributed by atoms with E-state index in [9.17, 15) is 0 Å². The zero-order chi connectivity index (χ0) is 13.5. The van der Waals surface area contributed by atoms with E-state index in [1.807, 2.05) is 19.1 Å². The first-order valence-electron chi connectivity index (χ1n) is 7.06. The summed E-state index contributed by atoms with van der Waals surface area (Å²) in [5.74, 6) is 0. The molecule has 106 valence electrons. The SMILES string of the molecule is CCOCC1CN(CCc2cccc(Cl)c2)CCN1. The second-order valence-electron chi connectivity index (χ2n) is 4.99. The van der Waals surface area contributed by atoms with Gasteiger partial charge in [-0.05, 0) is 31.0 Å². The van der Waals surface area contributed by atoms with Crippen molar-refractivity contribution in [2.45, 2.75) is 19.4 Å². The van der Waals surface area contributed by atoms with E-state index in [0.717, 1.165) is 50.8 Å². The molecular formula is C15H23ClN2O. The van der Waals surface area contributed by atoms with Crippen LogP contribution in [0.25, 0.3) is 0 Å². The molecule has 0 aromatic heterocycles. The predicted molar refractivity (Wildman–Crippen MR) is 79.9 cm³/mol. The zero-order valence-corrected chi connectivity index (χ0v) is 12.3. The molecular weight excluding hydrogens is 260 g/mol. The van der Waals surface area contributed by atoms with Crippen LogP contribution in [0.15, 0.2) is 24.3 Å². The Morgan fingerprint density at radius 3 is 3.16 bits per heavy atom. The van der Waals surface area contributed by atoms with Crippen LogP contribution in [0.2, 0.25) is 5.02 Å². The summed E-state index contributed by atoms with van der Waals surface area (Å²) < 4.78 is 5.49. The third-order valence-electron chi connectivity index (χ3n) is 3.47. The molecule has 1 aromatic rings. The van der Waals surface area contributed by atoms with Crippen LogP contribution < -0.4 is 5.32 Å². The molecule has 1 fully saturated rings. The highest BCUT2D eigenvalue weighted by Crippen LogP contribution is 2.12. The van der Waals surface area contributed by atoms with E-state index in [1.54, 1.807) is 0 Å². The lowest BCUT2D eigenvalue weighted by Crippen LogP contribution is -2.52. The van der Waals surface area contributed by atoms with Crippen molar-refractivity contribution in [2.75, 3.05) is 39.4 Å². The normalized spacial score (nSPS) is 20.6. The molecule has 1 aliphatic rings. The lowest BCUT2D eigenvalue weighted by molar-refractivity contribution is 0.0895. The summed E-state index contributed by atoms with van der Waals surface area (Å²) in [6, 6.07) is 8.61. The predicted octanol–water partition coefficient (Wildman–Crippen LogP) is 2.19. The molecule has 1 saturated heterocycles. The highest BCUT2D eigenvalue weighted by atomic mass is 35.5. The summed E-state index contributed by atoms with van der Waals surface area (Å²) in [5.41, 5.74) is 1.31. The van der Waals surface area contributed by atoms with Gasteiger partial charge in [0.25, 0.3) is 0 Å². The van der Waals surface area contributed by atoms with Crippen molar-refractivity contribution < 1.29 is 4.74 Å². The van der Waals surface area contributed by atoms with Gasteiger partial charge in [-0.25, -0.2) is 0 Å². The number of ether oxygens (including phenoxy) is 1.